The van der Waals surface area contributed by atoms with Crippen molar-refractivity contribution in [1.29, 1.82) is 0 Å². The average Bonchev–Trinajstić information content (AvgIpc) is 3.08. The van der Waals surface area contributed by atoms with Gasteiger partial charge in [0.1, 0.15) is 18.4 Å². The number of nitrogens with one attached hydrogen (secondary N) is 1. The predicted octanol–water partition coefficient (Wildman–Crippen LogP) is 1.16. The number of para-hydroxylation sites is 1. The minimum Gasteiger partial charge on any atom is -0.496 e. The van der Waals surface area contributed by atoms with Gasteiger partial charge in [0, 0.05) is 18.4 Å². The van der Waals surface area contributed by atoms with Gasteiger partial charge >= 0.3 is 5.97 Å². The van der Waals surface area contributed by atoms with Crippen LogP contribution in [0.1, 0.15) is 18.5 Å². The first kappa shape index (κ1) is 16.9. The Kier molecular flexibility index (Phi) is 4.94. The van der Waals surface area contributed by atoms with E-state index in [-0.39, 0.29) is 6.61 Å². The van der Waals surface area contributed by atoms with Crippen molar-refractivity contribution < 1.29 is 19.0 Å². The molecular weight excluding hydrogens is 326 g/mol. The Balaban J connectivity index is 2.06. The van der Waals surface area contributed by atoms with Gasteiger partial charge < -0.3 is 19.5 Å². The molecule has 2 heterocycles. The van der Waals surface area contributed by atoms with Crippen LogP contribution in [0.25, 0.3) is 0 Å². The molecule has 1 aromatic carbocycles. The molecule has 0 saturated carbocycles. The predicted molar refractivity (Wildman–Crippen MR) is 88.1 cm³/mol. The van der Waals surface area contributed by atoms with Crippen molar-refractivity contribution in [2.75, 3.05) is 32.8 Å². The number of rotatable bonds is 6. The zero-order chi connectivity index (χ0) is 17.8. The minimum atomic E-state index is -0.558. The summed E-state index contributed by atoms with van der Waals surface area (Å²) < 4.78 is 17.3. The second-order valence-corrected chi connectivity index (χ2v) is 5.38. The number of ether oxygens (including phenoxy) is 3. The molecule has 0 saturated heterocycles. The largest absolute Gasteiger partial charge is 0.496 e. The summed E-state index contributed by atoms with van der Waals surface area (Å²) in [6.45, 7) is 2.27. The van der Waals surface area contributed by atoms with Crippen LogP contribution in [0, 0.1) is 0 Å². The first-order valence-corrected chi connectivity index (χ1v) is 7.72. The second kappa shape index (κ2) is 7.31. The van der Waals surface area contributed by atoms with E-state index in [2.05, 4.69) is 20.8 Å². The summed E-state index contributed by atoms with van der Waals surface area (Å²) in [4.78, 5) is 12.7. The van der Waals surface area contributed by atoms with Gasteiger partial charge in [-0.05, 0) is 23.4 Å². The lowest BCUT2D eigenvalue weighted by Gasteiger charge is -2.28. The number of carbonyl (C=O) groups excluding carboxylic acids is 1. The Morgan fingerprint density at radius 1 is 1.28 bits per heavy atom. The quantitative estimate of drug-likeness (QED) is 0.615. The Hall–Kier alpha value is -2.94. The summed E-state index contributed by atoms with van der Waals surface area (Å²) in [7, 11) is 3.12. The Morgan fingerprint density at radius 2 is 2.08 bits per heavy atom. The lowest BCUT2D eigenvalue weighted by Crippen LogP contribution is -2.30. The Morgan fingerprint density at radius 3 is 2.84 bits per heavy atom. The maximum atomic E-state index is 12.7. The van der Waals surface area contributed by atoms with E-state index in [9.17, 15) is 4.79 Å². The number of aromatic nitrogens is 4. The first-order chi connectivity index (χ1) is 12.2. The van der Waals surface area contributed by atoms with Crippen molar-refractivity contribution in [2.45, 2.75) is 13.0 Å². The number of esters is 1. The van der Waals surface area contributed by atoms with Crippen LogP contribution < -0.4 is 10.1 Å². The van der Waals surface area contributed by atoms with Crippen LogP contribution >= 0.6 is 0 Å². The van der Waals surface area contributed by atoms with Gasteiger partial charge in [-0.2, -0.15) is 4.68 Å². The maximum absolute atomic E-state index is 12.7. The topological polar surface area (TPSA) is 100 Å². The highest BCUT2D eigenvalue weighted by Gasteiger charge is 2.36. The van der Waals surface area contributed by atoms with Gasteiger partial charge in [-0.25, -0.2) is 4.79 Å². The number of fused-ring (bicyclic) bond motifs is 1. The monoisotopic (exact) mass is 345 g/mol. The van der Waals surface area contributed by atoms with E-state index in [1.807, 2.05) is 24.3 Å². The molecule has 9 heteroatoms. The third kappa shape index (κ3) is 3.18. The van der Waals surface area contributed by atoms with Crippen LogP contribution in [0.3, 0.4) is 0 Å². The number of hydrogen-bond acceptors (Lipinski definition) is 8. The second-order valence-electron chi connectivity index (χ2n) is 5.38. The van der Waals surface area contributed by atoms with E-state index in [0.29, 0.717) is 29.6 Å². The van der Waals surface area contributed by atoms with E-state index < -0.39 is 12.0 Å². The number of methoxy groups -OCH3 is 2. The van der Waals surface area contributed by atoms with Gasteiger partial charge in [0.25, 0.3) is 0 Å². The molecule has 1 unspecified atom stereocenters. The third-order valence-electron chi connectivity index (χ3n) is 3.89. The molecule has 0 aliphatic carbocycles. The number of anilines is 1. The zero-order valence-corrected chi connectivity index (χ0v) is 14.2. The molecule has 0 bridgehead atoms. The number of allylic oxidation sites excluding steroid dienone is 1. The van der Waals surface area contributed by atoms with Crippen LogP contribution in [0.4, 0.5) is 5.95 Å². The number of tetrazole rings is 1. The molecule has 132 valence electrons. The molecule has 2 aromatic rings. The van der Waals surface area contributed by atoms with Crippen molar-refractivity contribution in [3.63, 3.8) is 0 Å². The van der Waals surface area contributed by atoms with Crippen LogP contribution in [0.2, 0.25) is 0 Å². The molecule has 0 amide bonds. The summed E-state index contributed by atoms with van der Waals surface area (Å²) in [5.41, 5.74) is 1.80. The Labute approximate surface area is 144 Å². The molecule has 0 spiro atoms. The van der Waals surface area contributed by atoms with E-state index >= 15 is 0 Å². The summed E-state index contributed by atoms with van der Waals surface area (Å²) >= 11 is 0. The highest BCUT2D eigenvalue weighted by atomic mass is 16.6. The SMILES string of the molecule is COCCOC(=O)C1=C(C)Nc2nnnn2C1c1ccccc1OC. The minimum absolute atomic E-state index is 0.160. The molecule has 25 heavy (non-hydrogen) atoms. The zero-order valence-electron chi connectivity index (χ0n) is 14.2. The number of nitrogens with zero attached hydrogens (tertiary/aromatic N) is 4. The van der Waals surface area contributed by atoms with Crippen molar-refractivity contribution in [1.82, 2.24) is 20.2 Å². The van der Waals surface area contributed by atoms with Gasteiger partial charge in [-0.15, -0.1) is 0 Å². The highest BCUT2D eigenvalue weighted by Crippen LogP contribution is 2.38. The smallest absolute Gasteiger partial charge is 0.338 e. The highest BCUT2D eigenvalue weighted by molar-refractivity contribution is 5.92. The van der Waals surface area contributed by atoms with Crippen LogP contribution in [0.5, 0.6) is 5.75 Å². The van der Waals surface area contributed by atoms with Crippen LogP contribution in [-0.2, 0) is 14.3 Å². The van der Waals surface area contributed by atoms with E-state index in [1.165, 1.54) is 4.68 Å². The third-order valence-corrected chi connectivity index (χ3v) is 3.89. The van der Waals surface area contributed by atoms with Gasteiger partial charge in [-0.3, -0.25) is 0 Å². The van der Waals surface area contributed by atoms with Gasteiger partial charge in [0.2, 0.25) is 5.95 Å². The van der Waals surface area contributed by atoms with Gasteiger partial charge in [0.05, 0.1) is 19.3 Å². The Bertz CT molecular complexity index is 801. The number of hydrogen-bond donors (Lipinski definition) is 1. The lowest BCUT2D eigenvalue weighted by molar-refractivity contribution is -0.140. The van der Waals surface area contributed by atoms with Crippen molar-refractivity contribution >= 4 is 11.9 Å². The van der Waals surface area contributed by atoms with E-state index in [1.54, 1.807) is 21.1 Å². The van der Waals surface area contributed by atoms with Crippen molar-refractivity contribution in [3.8, 4) is 5.75 Å². The molecule has 0 radical (unpaired) electrons. The number of benzene rings is 1. The van der Waals surface area contributed by atoms with Gasteiger partial charge in [-0.1, -0.05) is 23.3 Å². The van der Waals surface area contributed by atoms with E-state index in [0.717, 1.165) is 5.56 Å². The first-order valence-electron chi connectivity index (χ1n) is 7.72. The average molecular weight is 345 g/mol. The maximum Gasteiger partial charge on any atom is 0.338 e. The molecule has 3 rings (SSSR count). The van der Waals surface area contributed by atoms with Crippen molar-refractivity contribution in [2.24, 2.45) is 0 Å². The molecule has 1 N–H and O–H groups in total. The summed E-state index contributed by atoms with van der Waals surface area (Å²) in [5, 5.41) is 14.7. The molecular formula is C16H19N5O4. The molecule has 1 aromatic heterocycles. The van der Waals surface area contributed by atoms with E-state index in [4.69, 9.17) is 14.2 Å². The molecule has 1 atom stereocenters. The van der Waals surface area contributed by atoms with Crippen molar-refractivity contribution in [3.05, 3.63) is 41.1 Å². The molecule has 1 aliphatic rings. The summed E-state index contributed by atoms with van der Waals surface area (Å²) in [5.74, 6) is 0.617. The number of carbonyl (C=O) groups is 1. The fraction of sp³-hybridized carbons (Fsp3) is 0.375. The molecule has 9 nitrogen and oxygen atoms in total. The van der Waals surface area contributed by atoms with Crippen LogP contribution in [0.15, 0.2) is 35.5 Å². The fourth-order valence-electron chi connectivity index (χ4n) is 2.75. The fourth-order valence-corrected chi connectivity index (χ4v) is 2.75. The molecule has 0 fully saturated rings. The summed E-state index contributed by atoms with van der Waals surface area (Å²) in [6, 6.07) is 6.86. The van der Waals surface area contributed by atoms with Gasteiger partial charge in [0.15, 0.2) is 0 Å². The summed E-state index contributed by atoms with van der Waals surface area (Å²) in [6.07, 6.45) is 0. The standard InChI is InChI=1S/C16H19N5O4/c1-10-13(15(22)25-9-8-23-2)14(21-16(17-10)18-19-20-21)11-6-4-5-7-12(11)24-3/h4-7,14H,8-9H2,1-3H3,(H,17,18,20). The van der Waals surface area contributed by atoms with Crippen LogP contribution in [-0.4, -0.2) is 53.6 Å². The normalized spacial score (nSPS) is 16.2. The lowest BCUT2D eigenvalue weighted by atomic mass is 9.95. The molecule has 1 aliphatic heterocycles.